The average Bonchev–Trinajstić information content (AvgIpc) is 2.21. The van der Waals surface area contributed by atoms with Crippen LogP contribution in [0.3, 0.4) is 0 Å². The lowest BCUT2D eigenvalue weighted by Gasteiger charge is -1.94. The smallest absolute Gasteiger partial charge is 0.300 e. The molecule has 0 aliphatic heterocycles. The second kappa shape index (κ2) is 16.6. The number of hydrogen-bond donors (Lipinski definition) is 1. The van der Waals surface area contributed by atoms with E-state index >= 15 is 0 Å². The van der Waals surface area contributed by atoms with Crippen molar-refractivity contribution in [2.24, 2.45) is 0 Å². The van der Waals surface area contributed by atoms with Crippen molar-refractivity contribution in [2.45, 2.75) is 72.1 Å². The Labute approximate surface area is 101 Å². The van der Waals surface area contributed by atoms with E-state index < -0.39 is 5.97 Å². The molecule has 0 heterocycles. The van der Waals surface area contributed by atoms with Gasteiger partial charge in [-0.2, -0.15) is 0 Å². The molecule has 0 aromatic rings. The number of carboxylic acid groups (broad SMARTS) is 1. The fourth-order valence-electron chi connectivity index (χ4n) is 1.25. The summed E-state index contributed by atoms with van der Waals surface area (Å²) in [7, 11) is 0. The number of carboxylic acids is 1. The normalized spacial score (nSPS) is 9.94. The molecule has 0 saturated heterocycles. The minimum Gasteiger partial charge on any atom is -0.481 e. The number of carbonyl (C=O) groups is 1. The molecule has 0 aromatic heterocycles. The third-order valence-electron chi connectivity index (χ3n) is 2.12. The third kappa shape index (κ3) is 29.2. The van der Waals surface area contributed by atoms with Gasteiger partial charge < -0.3 is 5.11 Å². The molecule has 0 aliphatic carbocycles. The Hall–Kier alpha value is -0.790. The highest BCUT2D eigenvalue weighted by Crippen LogP contribution is 2.04. The van der Waals surface area contributed by atoms with Gasteiger partial charge in [0, 0.05) is 6.92 Å². The molecule has 0 fully saturated rings. The molecule has 0 radical (unpaired) electrons. The van der Waals surface area contributed by atoms with Gasteiger partial charge in [-0.3, -0.25) is 4.79 Å². The number of rotatable bonds is 8. The van der Waals surface area contributed by atoms with Gasteiger partial charge in [-0.05, 0) is 19.3 Å². The lowest BCUT2D eigenvalue weighted by atomic mass is 10.1. The van der Waals surface area contributed by atoms with Crippen molar-refractivity contribution in [3.05, 3.63) is 12.2 Å². The van der Waals surface area contributed by atoms with Crippen LogP contribution < -0.4 is 0 Å². The van der Waals surface area contributed by atoms with Gasteiger partial charge in [0.1, 0.15) is 0 Å². The van der Waals surface area contributed by atoms with Gasteiger partial charge in [0.05, 0.1) is 0 Å². The molecule has 0 amide bonds. The van der Waals surface area contributed by atoms with E-state index in [0.29, 0.717) is 0 Å². The quantitative estimate of drug-likeness (QED) is 0.479. The molecule has 0 aliphatic rings. The molecule has 0 rings (SSSR count). The van der Waals surface area contributed by atoms with Crippen LogP contribution in [0.2, 0.25) is 0 Å². The van der Waals surface area contributed by atoms with Crippen LogP contribution in [0.4, 0.5) is 0 Å². The van der Waals surface area contributed by atoms with E-state index in [1.54, 1.807) is 0 Å². The Bertz CT molecular complexity index is 158. The monoisotopic (exact) mass is 228 g/mol. The maximum Gasteiger partial charge on any atom is 0.300 e. The van der Waals surface area contributed by atoms with E-state index in [1.165, 1.54) is 51.4 Å². The Morgan fingerprint density at radius 1 is 0.938 bits per heavy atom. The van der Waals surface area contributed by atoms with E-state index in [4.69, 9.17) is 9.90 Å². The second-order valence-corrected chi connectivity index (χ2v) is 3.98. The molecular weight excluding hydrogens is 200 g/mol. The van der Waals surface area contributed by atoms with E-state index in [-0.39, 0.29) is 0 Å². The summed E-state index contributed by atoms with van der Waals surface area (Å²) in [5.41, 5.74) is 0. The molecule has 2 nitrogen and oxygen atoms in total. The molecule has 0 aromatic carbocycles. The zero-order valence-electron chi connectivity index (χ0n) is 11.2. The SMILES string of the molecule is CC(=O)O.CCCCC=CCCCCCC. The van der Waals surface area contributed by atoms with Crippen LogP contribution in [0.5, 0.6) is 0 Å². The first-order chi connectivity index (χ1) is 7.65. The van der Waals surface area contributed by atoms with Crippen molar-refractivity contribution in [2.75, 3.05) is 0 Å². The number of unbranched alkanes of at least 4 members (excludes halogenated alkanes) is 6. The fraction of sp³-hybridized carbons (Fsp3) is 0.786. The van der Waals surface area contributed by atoms with Gasteiger partial charge in [-0.15, -0.1) is 0 Å². The van der Waals surface area contributed by atoms with Crippen molar-refractivity contribution < 1.29 is 9.90 Å². The molecule has 0 spiro atoms. The second-order valence-electron chi connectivity index (χ2n) is 3.98. The predicted octanol–water partition coefficient (Wildman–Crippen LogP) is 4.79. The zero-order chi connectivity index (χ0) is 12.6. The summed E-state index contributed by atoms with van der Waals surface area (Å²) >= 11 is 0. The van der Waals surface area contributed by atoms with Gasteiger partial charge in [0.25, 0.3) is 5.97 Å². The van der Waals surface area contributed by atoms with E-state index in [1.807, 2.05) is 0 Å². The van der Waals surface area contributed by atoms with Gasteiger partial charge in [0.2, 0.25) is 0 Å². The van der Waals surface area contributed by atoms with Gasteiger partial charge >= 0.3 is 0 Å². The maximum atomic E-state index is 9.00. The minimum atomic E-state index is -0.833. The standard InChI is InChI=1S/C12H24.C2H4O2/c1-3-5-7-9-11-12-10-8-6-4-2;1-2(3)4/h9,11H,3-8,10,12H2,1-2H3;1H3,(H,3,4). The van der Waals surface area contributed by atoms with Crippen LogP contribution >= 0.6 is 0 Å². The van der Waals surface area contributed by atoms with Crippen LogP contribution in [0.15, 0.2) is 12.2 Å². The summed E-state index contributed by atoms with van der Waals surface area (Å²) in [6.07, 6.45) is 15.5. The Kier molecular flexibility index (Phi) is 18.3. The molecule has 1 N–H and O–H groups in total. The Morgan fingerprint density at radius 2 is 1.38 bits per heavy atom. The molecule has 0 unspecified atom stereocenters. The van der Waals surface area contributed by atoms with Gasteiger partial charge in [0.15, 0.2) is 0 Å². The molecule has 2 heteroatoms. The zero-order valence-corrected chi connectivity index (χ0v) is 11.2. The number of allylic oxidation sites excluding steroid dienone is 2. The first kappa shape index (κ1) is 17.6. The van der Waals surface area contributed by atoms with Crippen LogP contribution in [0.25, 0.3) is 0 Å². The number of aliphatic carboxylic acids is 1. The van der Waals surface area contributed by atoms with E-state index in [2.05, 4.69) is 26.0 Å². The topological polar surface area (TPSA) is 37.3 Å². The summed E-state index contributed by atoms with van der Waals surface area (Å²) < 4.78 is 0. The minimum absolute atomic E-state index is 0.833. The molecule has 16 heavy (non-hydrogen) atoms. The Morgan fingerprint density at radius 3 is 1.81 bits per heavy atom. The highest BCUT2D eigenvalue weighted by Gasteiger charge is 1.84. The fourth-order valence-corrected chi connectivity index (χ4v) is 1.25. The van der Waals surface area contributed by atoms with Crippen LogP contribution in [-0.2, 0) is 4.79 Å². The number of hydrogen-bond acceptors (Lipinski definition) is 1. The molecule has 0 bridgehead atoms. The van der Waals surface area contributed by atoms with Crippen LogP contribution in [0.1, 0.15) is 72.1 Å². The van der Waals surface area contributed by atoms with Crippen molar-refractivity contribution in [1.82, 2.24) is 0 Å². The van der Waals surface area contributed by atoms with Crippen molar-refractivity contribution in [1.29, 1.82) is 0 Å². The average molecular weight is 228 g/mol. The van der Waals surface area contributed by atoms with Gasteiger partial charge in [-0.1, -0.05) is 58.1 Å². The summed E-state index contributed by atoms with van der Waals surface area (Å²) in [6, 6.07) is 0. The summed E-state index contributed by atoms with van der Waals surface area (Å²) in [5.74, 6) is -0.833. The van der Waals surface area contributed by atoms with E-state index in [0.717, 1.165) is 6.92 Å². The first-order valence-electron chi connectivity index (χ1n) is 6.49. The lowest BCUT2D eigenvalue weighted by molar-refractivity contribution is -0.134. The third-order valence-corrected chi connectivity index (χ3v) is 2.12. The Balaban J connectivity index is 0. The van der Waals surface area contributed by atoms with Crippen LogP contribution in [-0.4, -0.2) is 11.1 Å². The van der Waals surface area contributed by atoms with E-state index in [9.17, 15) is 0 Å². The predicted molar refractivity (Wildman–Crippen MR) is 70.7 cm³/mol. The largest absolute Gasteiger partial charge is 0.481 e. The summed E-state index contributed by atoms with van der Waals surface area (Å²) in [4.78, 5) is 9.00. The first-order valence-corrected chi connectivity index (χ1v) is 6.49. The molecule has 0 saturated carbocycles. The van der Waals surface area contributed by atoms with Gasteiger partial charge in [-0.25, -0.2) is 0 Å². The highest BCUT2D eigenvalue weighted by molar-refractivity contribution is 5.62. The molecular formula is C14H28O2. The molecule has 0 atom stereocenters. The lowest BCUT2D eigenvalue weighted by Crippen LogP contribution is -1.78. The van der Waals surface area contributed by atoms with Crippen molar-refractivity contribution >= 4 is 5.97 Å². The van der Waals surface area contributed by atoms with Crippen molar-refractivity contribution in [3.8, 4) is 0 Å². The summed E-state index contributed by atoms with van der Waals surface area (Å²) in [6.45, 7) is 5.59. The van der Waals surface area contributed by atoms with Crippen LogP contribution in [0, 0.1) is 0 Å². The molecule has 96 valence electrons. The van der Waals surface area contributed by atoms with Crippen molar-refractivity contribution in [3.63, 3.8) is 0 Å². The highest BCUT2D eigenvalue weighted by atomic mass is 16.4. The maximum absolute atomic E-state index is 9.00. The summed E-state index contributed by atoms with van der Waals surface area (Å²) in [5, 5.41) is 7.42.